The fraction of sp³-hybridized carbons (Fsp3) is 0.981. The van der Waals surface area contributed by atoms with Gasteiger partial charge < -0.3 is 15.5 Å². The molecule has 0 spiro atoms. The molecule has 0 aliphatic carbocycles. The van der Waals surface area contributed by atoms with Crippen LogP contribution in [0.1, 0.15) is 322 Å². The number of aliphatic hydroxyl groups is 2. The highest BCUT2D eigenvalue weighted by Crippen LogP contribution is 2.18. The van der Waals surface area contributed by atoms with Crippen molar-refractivity contribution in [2.75, 3.05) is 6.61 Å². The zero-order valence-corrected chi connectivity index (χ0v) is 40.1. The van der Waals surface area contributed by atoms with Gasteiger partial charge >= 0.3 is 0 Å². The van der Waals surface area contributed by atoms with Gasteiger partial charge in [0.15, 0.2) is 0 Å². The van der Waals surface area contributed by atoms with E-state index in [4.69, 9.17) is 0 Å². The Balaban J connectivity index is 3.35. The highest BCUT2D eigenvalue weighted by atomic mass is 16.3. The number of carbonyl (C=O) groups is 1. The summed E-state index contributed by atoms with van der Waals surface area (Å²) in [4.78, 5) is 12.4. The number of hydrogen-bond donors (Lipinski definition) is 3. The van der Waals surface area contributed by atoms with E-state index in [1.54, 1.807) is 0 Å². The van der Waals surface area contributed by atoms with Crippen molar-refractivity contribution in [3.8, 4) is 0 Å². The number of aliphatic hydroxyl groups excluding tert-OH is 2. The van der Waals surface area contributed by atoms with E-state index < -0.39 is 12.1 Å². The van der Waals surface area contributed by atoms with Crippen molar-refractivity contribution in [2.45, 2.75) is 334 Å². The van der Waals surface area contributed by atoms with Gasteiger partial charge in [-0.15, -0.1) is 0 Å². The Kier molecular flexibility index (Phi) is 50.2. The molecule has 2 atom stereocenters. The maximum atomic E-state index is 12.4. The number of nitrogens with one attached hydrogen (secondary N) is 1. The van der Waals surface area contributed by atoms with E-state index in [2.05, 4.69) is 19.2 Å². The van der Waals surface area contributed by atoms with Gasteiger partial charge in [0.25, 0.3) is 0 Å². The standard InChI is InChI=1S/C54H109NO3/c1-3-5-7-9-11-13-15-17-18-19-20-21-22-23-24-25-26-27-28-29-30-31-32-33-34-35-36-38-39-41-43-45-47-49-53(57)52(51-56)55-54(58)50-48-46-44-42-40-37-16-14-12-10-8-6-4-2/h52-53,56-57H,3-51H2,1-2H3,(H,55,58). The Bertz CT molecular complexity index is 759. The number of carbonyl (C=O) groups excluding carboxylic acids is 1. The van der Waals surface area contributed by atoms with E-state index in [9.17, 15) is 15.0 Å². The summed E-state index contributed by atoms with van der Waals surface area (Å²) in [5.41, 5.74) is 0. The molecule has 4 heteroatoms. The van der Waals surface area contributed by atoms with E-state index >= 15 is 0 Å². The van der Waals surface area contributed by atoms with Gasteiger partial charge in [-0.05, 0) is 12.8 Å². The zero-order valence-electron chi connectivity index (χ0n) is 40.1. The molecular weight excluding hydrogens is 711 g/mol. The first kappa shape index (κ1) is 57.4. The van der Waals surface area contributed by atoms with Crippen LogP contribution in [0.15, 0.2) is 0 Å². The predicted molar refractivity (Wildman–Crippen MR) is 258 cm³/mol. The number of unbranched alkanes of at least 4 members (excludes halogenated alkanes) is 44. The molecule has 348 valence electrons. The number of rotatable bonds is 51. The summed E-state index contributed by atoms with van der Waals surface area (Å²) in [6, 6.07) is -0.530. The highest BCUT2D eigenvalue weighted by molar-refractivity contribution is 5.76. The highest BCUT2D eigenvalue weighted by Gasteiger charge is 2.20. The largest absolute Gasteiger partial charge is 0.394 e. The minimum absolute atomic E-state index is 0.0256. The molecule has 0 aromatic carbocycles. The van der Waals surface area contributed by atoms with Crippen molar-refractivity contribution < 1.29 is 15.0 Å². The predicted octanol–water partition coefficient (Wildman–Crippen LogP) is 17.6. The lowest BCUT2D eigenvalue weighted by atomic mass is 10.0. The van der Waals surface area contributed by atoms with Gasteiger partial charge in [0.05, 0.1) is 18.8 Å². The third-order valence-corrected chi connectivity index (χ3v) is 13.1. The van der Waals surface area contributed by atoms with Crippen molar-refractivity contribution in [2.24, 2.45) is 0 Å². The van der Waals surface area contributed by atoms with Crippen molar-refractivity contribution in [3.05, 3.63) is 0 Å². The minimum Gasteiger partial charge on any atom is -0.394 e. The third kappa shape index (κ3) is 46.5. The first-order valence-electron chi connectivity index (χ1n) is 27.2. The first-order chi connectivity index (χ1) is 28.7. The van der Waals surface area contributed by atoms with E-state index in [-0.39, 0.29) is 12.5 Å². The van der Waals surface area contributed by atoms with E-state index in [1.807, 2.05) is 0 Å². The molecule has 0 aliphatic heterocycles. The molecule has 0 saturated heterocycles. The summed E-state index contributed by atoms with van der Waals surface area (Å²) in [6.45, 7) is 4.39. The van der Waals surface area contributed by atoms with Crippen LogP contribution < -0.4 is 5.32 Å². The second-order valence-electron chi connectivity index (χ2n) is 19.0. The average Bonchev–Trinajstić information content (AvgIpc) is 3.23. The molecule has 0 aromatic rings. The second kappa shape index (κ2) is 50.7. The molecule has 0 heterocycles. The molecular formula is C54H109NO3. The Morgan fingerprint density at radius 1 is 0.345 bits per heavy atom. The molecule has 2 unspecified atom stereocenters. The summed E-state index contributed by atoms with van der Waals surface area (Å²) in [5, 5.41) is 23.3. The van der Waals surface area contributed by atoms with Crippen molar-refractivity contribution in [1.82, 2.24) is 5.32 Å². The molecule has 4 nitrogen and oxygen atoms in total. The smallest absolute Gasteiger partial charge is 0.220 e. The van der Waals surface area contributed by atoms with E-state index in [1.165, 1.54) is 270 Å². The van der Waals surface area contributed by atoms with Gasteiger partial charge in [0, 0.05) is 6.42 Å². The molecule has 1 amide bonds. The number of hydrogen-bond acceptors (Lipinski definition) is 3. The Labute approximate surface area is 365 Å². The van der Waals surface area contributed by atoms with Crippen molar-refractivity contribution >= 4 is 5.91 Å². The van der Waals surface area contributed by atoms with Crippen molar-refractivity contribution in [1.29, 1.82) is 0 Å². The normalized spacial score (nSPS) is 12.7. The molecule has 0 fully saturated rings. The summed E-state index contributed by atoms with van der Waals surface area (Å²) >= 11 is 0. The van der Waals surface area contributed by atoms with Crippen LogP contribution in [-0.4, -0.2) is 34.9 Å². The van der Waals surface area contributed by atoms with Gasteiger partial charge in [-0.1, -0.05) is 303 Å². The maximum absolute atomic E-state index is 12.4. The van der Waals surface area contributed by atoms with Gasteiger partial charge in [-0.2, -0.15) is 0 Å². The Morgan fingerprint density at radius 3 is 0.776 bits per heavy atom. The monoisotopic (exact) mass is 820 g/mol. The molecule has 0 rings (SSSR count). The molecule has 3 N–H and O–H groups in total. The van der Waals surface area contributed by atoms with Crippen LogP contribution in [0.25, 0.3) is 0 Å². The lowest BCUT2D eigenvalue weighted by Crippen LogP contribution is -2.45. The fourth-order valence-electron chi connectivity index (χ4n) is 8.95. The molecule has 0 radical (unpaired) electrons. The van der Waals surface area contributed by atoms with Crippen molar-refractivity contribution in [3.63, 3.8) is 0 Å². The van der Waals surface area contributed by atoms with Gasteiger partial charge in [0.2, 0.25) is 5.91 Å². The lowest BCUT2D eigenvalue weighted by molar-refractivity contribution is -0.123. The van der Waals surface area contributed by atoms with Crippen LogP contribution in [0.3, 0.4) is 0 Å². The summed E-state index contributed by atoms with van der Waals surface area (Å²) in [5.74, 6) is -0.0256. The maximum Gasteiger partial charge on any atom is 0.220 e. The molecule has 0 aliphatic rings. The molecule has 0 aromatic heterocycles. The fourth-order valence-corrected chi connectivity index (χ4v) is 8.95. The second-order valence-corrected chi connectivity index (χ2v) is 19.0. The van der Waals surface area contributed by atoms with Crippen LogP contribution in [0.5, 0.6) is 0 Å². The topological polar surface area (TPSA) is 69.6 Å². The molecule has 58 heavy (non-hydrogen) atoms. The number of amides is 1. The Hall–Kier alpha value is -0.610. The van der Waals surface area contributed by atoms with Crippen LogP contribution >= 0.6 is 0 Å². The quantitative estimate of drug-likeness (QED) is 0.0536. The summed E-state index contributed by atoms with van der Waals surface area (Å²) in [7, 11) is 0. The average molecular weight is 820 g/mol. The lowest BCUT2D eigenvalue weighted by Gasteiger charge is -2.22. The SMILES string of the molecule is CCCCCCCCCCCCCCCCCCCCCCCCCCCCCCCCCCCC(O)C(CO)NC(=O)CCCCCCCCCCCCCCC. The third-order valence-electron chi connectivity index (χ3n) is 13.1. The summed E-state index contributed by atoms with van der Waals surface area (Å²) in [6.07, 6.45) is 63.8. The van der Waals surface area contributed by atoms with E-state index in [0.717, 1.165) is 25.7 Å². The minimum atomic E-state index is -0.654. The van der Waals surface area contributed by atoms with Crippen LogP contribution in [-0.2, 0) is 4.79 Å². The van der Waals surface area contributed by atoms with Crippen LogP contribution in [0.4, 0.5) is 0 Å². The first-order valence-corrected chi connectivity index (χ1v) is 27.2. The van der Waals surface area contributed by atoms with Crippen LogP contribution in [0, 0.1) is 0 Å². The van der Waals surface area contributed by atoms with Gasteiger partial charge in [-0.25, -0.2) is 0 Å². The zero-order chi connectivity index (χ0) is 42.1. The molecule has 0 bridgehead atoms. The van der Waals surface area contributed by atoms with Gasteiger partial charge in [-0.3, -0.25) is 4.79 Å². The summed E-state index contributed by atoms with van der Waals surface area (Å²) < 4.78 is 0. The molecule has 0 saturated carbocycles. The van der Waals surface area contributed by atoms with Crippen LogP contribution in [0.2, 0.25) is 0 Å². The van der Waals surface area contributed by atoms with Gasteiger partial charge in [0.1, 0.15) is 0 Å². The van der Waals surface area contributed by atoms with E-state index in [0.29, 0.717) is 12.8 Å². The Morgan fingerprint density at radius 2 is 0.552 bits per heavy atom.